The molecule has 2 aliphatic rings. The van der Waals surface area contributed by atoms with Crippen LogP contribution in [0.15, 0.2) is 60.8 Å². The summed E-state index contributed by atoms with van der Waals surface area (Å²) in [5.41, 5.74) is 4.58. The number of likely N-dealkylation sites (tertiary alicyclic amines) is 1. The van der Waals surface area contributed by atoms with E-state index < -0.39 is 0 Å². The number of benzene rings is 2. The molecule has 31 heavy (non-hydrogen) atoms. The summed E-state index contributed by atoms with van der Waals surface area (Å²) in [5.74, 6) is 0.0435. The molecule has 0 radical (unpaired) electrons. The number of nitrogens with zero attached hydrogens (tertiary/aromatic N) is 3. The van der Waals surface area contributed by atoms with Crippen LogP contribution in [0.3, 0.4) is 0 Å². The molecule has 156 valence electrons. The SMILES string of the molecule is CN1CCc2c([nH]c3ccccc23)C12CCN(C(=O)c1nccc3ccccc13)CC2. The van der Waals surface area contributed by atoms with Crippen molar-refractivity contribution in [2.75, 3.05) is 26.7 Å². The Balaban J connectivity index is 1.32. The number of aromatic nitrogens is 2. The molecule has 0 bridgehead atoms. The molecule has 1 spiro atoms. The summed E-state index contributed by atoms with van der Waals surface area (Å²) in [5, 5.41) is 3.34. The van der Waals surface area contributed by atoms with Gasteiger partial charge < -0.3 is 9.88 Å². The lowest BCUT2D eigenvalue weighted by Crippen LogP contribution is -2.55. The summed E-state index contributed by atoms with van der Waals surface area (Å²) in [4.78, 5) is 26.1. The number of piperidine rings is 1. The standard InChI is InChI=1S/C26H26N4O/c1-29-15-11-21-20-8-4-5-9-22(20)28-24(21)26(29)12-16-30(17-13-26)25(31)23-19-7-3-2-6-18(19)10-14-27-23/h2-10,14,28H,11-13,15-17H2,1H3. The molecule has 2 aliphatic heterocycles. The van der Waals surface area contributed by atoms with Crippen LogP contribution in [0.5, 0.6) is 0 Å². The van der Waals surface area contributed by atoms with Crippen LogP contribution in [-0.2, 0) is 12.0 Å². The number of hydrogen-bond acceptors (Lipinski definition) is 3. The minimum atomic E-state index is -0.0322. The Morgan fingerprint density at radius 2 is 1.71 bits per heavy atom. The quantitative estimate of drug-likeness (QED) is 0.508. The molecule has 1 N–H and O–H groups in total. The number of pyridine rings is 1. The smallest absolute Gasteiger partial charge is 0.273 e. The van der Waals surface area contributed by atoms with Crippen LogP contribution in [0, 0.1) is 0 Å². The third-order valence-electron chi connectivity index (χ3n) is 7.46. The van der Waals surface area contributed by atoms with E-state index in [4.69, 9.17) is 0 Å². The number of likely N-dealkylation sites (N-methyl/N-ethyl adjacent to an activating group) is 1. The normalized spacial score (nSPS) is 18.5. The van der Waals surface area contributed by atoms with E-state index in [1.807, 2.05) is 35.2 Å². The first-order valence-electron chi connectivity index (χ1n) is 11.1. The molecular formula is C26H26N4O. The summed E-state index contributed by atoms with van der Waals surface area (Å²) >= 11 is 0. The van der Waals surface area contributed by atoms with Gasteiger partial charge in [-0.1, -0.05) is 42.5 Å². The maximum absolute atomic E-state index is 13.4. The Morgan fingerprint density at radius 3 is 2.55 bits per heavy atom. The number of hydrogen-bond donors (Lipinski definition) is 1. The fourth-order valence-corrected chi connectivity index (χ4v) is 5.69. The molecule has 4 aromatic rings. The van der Waals surface area contributed by atoms with Gasteiger partial charge in [0.2, 0.25) is 0 Å². The molecular weight excluding hydrogens is 384 g/mol. The molecule has 1 fully saturated rings. The highest BCUT2D eigenvalue weighted by atomic mass is 16.2. The topological polar surface area (TPSA) is 52.2 Å². The van der Waals surface area contributed by atoms with Crippen LogP contribution in [0.1, 0.15) is 34.6 Å². The van der Waals surface area contributed by atoms with Crippen LogP contribution < -0.4 is 0 Å². The number of carbonyl (C=O) groups excluding carboxylic acids is 1. The van der Waals surface area contributed by atoms with Gasteiger partial charge in [0.05, 0.1) is 5.54 Å². The molecule has 0 aliphatic carbocycles. The van der Waals surface area contributed by atoms with Crippen molar-refractivity contribution in [3.05, 3.63) is 77.7 Å². The molecule has 0 saturated carbocycles. The van der Waals surface area contributed by atoms with E-state index in [-0.39, 0.29) is 11.4 Å². The molecule has 0 unspecified atom stereocenters. The van der Waals surface area contributed by atoms with Gasteiger partial charge in [0.1, 0.15) is 5.69 Å². The van der Waals surface area contributed by atoms with Gasteiger partial charge in [0, 0.05) is 47.8 Å². The minimum Gasteiger partial charge on any atom is -0.357 e. The highest BCUT2D eigenvalue weighted by Gasteiger charge is 2.45. The van der Waals surface area contributed by atoms with Crippen LogP contribution in [-0.4, -0.2) is 52.4 Å². The van der Waals surface area contributed by atoms with E-state index in [0.717, 1.165) is 49.7 Å². The number of amides is 1. The van der Waals surface area contributed by atoms with Crippen molar-refractivity contribution in [2.45, 2.75) is 24.8 Å². The zero-order valence-corrected chi connectivity index (χ0v) is 17.8. The summed E-state index contributed by atoms with van der Waals surface area (Å²) < 4.78 is 0. The lowest BCUT2D eigenvalue weighted by atomic mass is 9.78. The first-order valence-corrected chi connectivity index (χ1v) is 11.1. The van der Waals surface area contributed by atoms with Crippen LogP contribution in [0.4, 0.5) is 0 Å². The molecule has 6 rings (SSSR count). The predicted octanol–water partition coefficient (Wildman–Crippen LogP) is 4.34. The predicted molar refractivity (Wildman–Crippen MR) is 123 cm³/mol. The Labute approximate surface area is 181 Å². The van der Waals surface area contributed by atoms with E-state index in [9.17, 15) is 4.79 Å². The van der Waals surface area contributed by atoms with Crippen molar-refractivity contribution in [2.24, 2.45) is 0 Å². The van der Waals surface area contributed by atoms with Gasteiger partial charge in [-0.25, -0.2) is 0 Å². The highest BCUT2D eigenvalue weighted by Crippen LogP contribution is 2.44. The van der Waals surface area contributed by atoms with Gasteiger partial charge in [-0.3, -0.25) is 14.7 Å². The molecule has 1 amide bonds. The molecule has 4 heterocycles. The van der Waals surface area contributed by atoms with E-state index in [1.165, 1.54) is 22.2 Å². The van der Waals surface area contributed by atoms with E-state index in [1.54, 1.807) is 6.20 Å². The minimum absolute atomic E-state index is 0.0322. The maximum atomic E-state index is 13.4. The lowest BCUT2D eigenvalue weighted by molar-refractivity contribution is 0.0230. The molecule has 0 atom stereocenters. The molecule has 2 aromatic carbocycles. The van der Waals surface area contributed by atoms with E-state index >= 15 is 0 Å². The number of rotatable bonds is 1. The van der Waals surface area contributed by atoms with Crippen molar-refractivity contribution in [1.29, 1.82) is 0 Å². The molecule has 2 aromatic heterocycles. The first kappa shape index (κ1) is 18.6. The van der Waals surface area contributed by atoms with Gasteiger partial charge in [0.15, 0.2) is 0 Å². The second-order valence-corrected chi connectivity index (χ2v) is 8.90. The largest absolute Gasteiger partial charge is 0.357 e. The number of aromatic amines is 1. The number of H-pyrrole nitrogens is 1. The summed E-state index contributed by atoms with van der Waals surface area (Å²) in [6, 6.07) is 18.6. The van der Waals surface area contributed by atoms with Crippen LogP contribution in [0.2, 0.25) is 0 Å². The number of nitrogens with one attached hydrogen (secondary N) is 1. The number of fused-ring (bicyclic) bond motifs is 5. The first-order chi connectivity index (χ1) is 15.2. The van der Waals surface area contributed by atoms with Gasteiger partial charge in [-0.15, -0.1) is 0 Å². The van der Waals surface area contributed by atoms with Crippen LogP contribution in [0.25, 0.3) is 21.7 Å². The zero-order chi connectivity index (χ0) is 21.0. The highest BCUT2D eigenvalue weighted by molar-refractivity contribution is 6.05. The summed E-state index contributed by atoms with van der Waals surface area (Å²) in [7, 11) is 2.23. The molecule has 5 heteroatoms. The number of para-hydroxylation sites is 1. The van der Waals surface area contributed by atoms with Gasteiger partial charge >= 0.3 is 0 Å². The maximum Gasteiger partial charge on any atom is 0.273 e. The monoisotopic (exact) mass is 410 g/mol. The fourth-order valence-electron chi connectivity index (χ4n) is 5.69. The van der Waals surface area contributed by atoms with Crippen LogP contribution >= 0.6 is 0 Å². The average molecular weight is 411 g/mol. The third kappa shape index (κ3) is 2.73. The average Bonchev–Trinajstić information content (AvgIpc) is 3.21. The molecule has 1 saturated heterocycles. The Hall–Kier alpha value is -3.18. The van der Waals surface area contributed by atoms with Gasteiger partial charge in [0.25, 0.3) is 5.91 Å². The molecule has 5 nitrogen and oxygen atoms in total. The van der Waals surface area contributed by atoms with Crippen molar-refractivity contribution in [3.63, 3.8) is 0 Å². The Morgan fingerprint density at radius 1 is 0.968 bits per heavy atom. The third-order valence-corrected chi connectivity index (χ3v) is 7.46. The lowest BCUT2D eigenvalue weighted by Gasteiger charge is -2.49. The van der Waals surface area contributed by atoms with E-state index in [0.29, 0.717) is 5.69 Å². The van der Waals surface area contributed by atoms with Gasteiger partial charge in [-0.2, -0.15) is 0 Å². The van der Waals surface area contributed by atoms with E-state index in [2.05, 4.69) is 46.2 Å². The van der Waals surface area contributed by atoms with Crippen molar-refractivity contribution in [3.8, 4) is 0 Å². The summed E-state index contributed by atoms with van der Waals surface area (Å²) in [6.45, 7) is 2.53. The Kier molecular flexibility index (Phi) is 4.15. The van der Waals surface area contributed by atoms with Gasteiger partial charge in [-0.05, 0) is 49.4 Å². The second kappa shape index (κ2) is 6.92. The Bertz CT molecular complexity index is 1290. The fraction of sp³-hybridized carbons (Fsp3) is 0.308. The summed E-state index contributed by atoms with van der Waals surface area (Å²) in [6.07, 6.45) is 4.67. The van der Waals surface area contributed by atoms with Crippen molar-refractivity contribution in [1.82, 2.24) is 19.8 Å². The zero-order valence-electron chi connectivity index (χ0n) is 17.8. The van der Waals surface area contributed by atoms with Crippen molar-refractivity contribution >= 4 is 27.6 Å². The van der Waals surface area contributed by atoms with Crippen molar-refractivity contribution < 1.29 is 4.79 Å². The number of carbonyl (C=O) groups is 1. The second-order valence-electron chi connectivity index (χ2n) is 8.90.